The fraction of sp³-hybridized carbons (Fsp3) is 0.304. The number of rotatable bonds is 5. The SMILES string of the molecule is CC(C(=O)Nc1cc(C(F)(F)F)ccc1N1CCOCC1)n1nc(C(=O)O)c2ccccc2c1=O. The van der Waals surface area contributed by atoms with Crippen LogP contribution in [-0.2, 0) is 15.7 Å². The first kappa shape index (κ1) is 24.2. The minimum absolute atomic E-state index is 0.0487. The van der Waals surface area contributed by atoms with Gasteiger partial charge in [-0.15, -0.1) is 0 Å². The number of benzene rings is 2. The molecule has 12 heteroatoms. The second-order valence-electron chi connectivity index (χ2n) is 7.94. The molecule has 3 aromatic rings. The lowest BCUT2D eigenvalue weighted by Crippen LogP contribution is -2.38. The molecule has 2 heterocycles. The molecule has 1 aromatic heterocycles. The zero-order valence-electron chi connectivity index (χ0n) is 18.5. The minimum atomic E-state index is -4.64. The van der Waals surface area contributed by atoms with Crippen LogP contribution in [0.25, 0.3) is 10.8 Å². The molecular weight excluding hydrogens is 469 g/mol. The number of nitrogens with one attached hydrogen (secondary N) is 1. The van der Waals surface area contributed by atoms with Gasteiger partial charge < -0.3 is 20.1 Å². The summed E-state index contributed by atoms with van der Waals surface area (Å²) in [6.07, 6.45) is -4.64. The van der Waals surface area contributed by atoms with Gasteiger partial charge in [0.2, 0.25) is 5.91 Å². The number of morpholine rings is 1. The molecule has 1 amide bonds. The third-order valence-electron chi connectivity index (χ3n) is 5.71. The summed E-state index contributed by atoms with van der Waals surface area (Å²) < 4.78 is 46.1. The quantitative estimate of drug-likeness (QED) is 0.565. The molecule has 0 aliphatic carbocycles. The maximum absolute atomic E-state index is 13.4. The Balaban J connectivity index is 1.73. The van der Waals surface area contributed by atoms with E-state index in [1.165, 1.54) is 25.1 Å². The van der Waals surface area contributed by atoms with Crippen molar-refractivity contribution in [2.45, 2.75) is 19.1 Å². The predicted molar refractivity (Wildman–Crippen MR) is 121 cm³/mol. The number of amides is 1. The van der Waals surface area contributed by atoms with Crippen LogP contribution in [0.15, 0.2) is 47.3 Å². The zero-order chi connectivity index (χ0) is 25.3. The molecule has 0 bridgehead atoms. The van der Waals surface area contributed by atoms with Crippen molar-refractivity contribution in [1.29, 1.82) is 0 Å². The van der Waals surface area contributed by atoms with Crippen LogP contribution in [0.3, 0.4) is 0 Å². The third kappa shape index (κ3) is 4.83. The Morgan fingerprint density at radius 1 is 1.11 bits per heavy atom. The number of fused-ring (bicyclic) bond motifs is 1. The van der Waals surface area contributed by atoms with E-state index in [0.29, 0.717) is 32.0 Å². The molecule has 0 radical (unpaired) electrons. The van der Waals surface area contributed by atoms with E-state index in [1.807, 2.05) is 0 Å². The molecule has 0 saturated carbocycles. The first-order valence-electron chi connectivity index (χ1n) is 10.7. The van der Waals surface area contributed by atoms with Crippen LogP contribution in [0.2, 0.25) is 0 Å². The number of nitrogens with zero attached hydrogens (tertiary/aromatic N) is 3. The number of carboxylic acids is 1. The van der Waals surface area contributed by atoms with Gasteiger partial charge in [0, 0.05) is 18.5 Å². The van der Waals surface area contributed by atoms with Crippen LogP contribution >= 0.6 is 0 Å². The number of aromatic carboxylic acids is 1. The number of hydrogen-bond acceptors (Lipinski definition) is 6. The van der Waals surface area contributed by atoms with Crippen molar-refractivity contribution < 1.29 is 32.6 Å². The average Bonchev–Trinajstić information content (AvgIpc) is 2.83. The normalized spacial score (nSPS) is 15.1. The van der Waals surface area contributed by atoms with Gasteiger partial charge in [-0.25, -0.2) is 9.48 Å². The van der Waals surface area contributed by atoms with Crippen molar-refractivity contribution >= 4 is 34.0 Å². The maximum Gasteiger partial charge on any atom is 0.416 e. The first-order valence-corrected chi connectivity index (χ1v) is 10.7. The van der Waals surface area contributed by atoms with Crippen LogP contribution in [-0.4, -0.2) is 53.1 Å². The average molecular weight is 490 g/mol. The summed E-state index contributed by atoms with van der Waals surface area (Å²) in [6.45, 7) is 2.89. The lowest BCUT2D eigenvalue weighted by molar-refractivity contribution is -0.137. The van der Waals surface area contributed by atoms with Gasteiger partial charge in [0.1, 0.15) is 6.04 Å². The van der Waals surface area contributed by atoms with Crippen molar-refractivity contribution in [3.8, 4) is 0 Å². The smallest absolute Gasteiger partial charge is 0.416 e. The van der Waals surface area contributed by atoms with Crippen LogP contribution in [0, 0.1) is 0 Å². The Bertz CT molecular complexity index is 1350. The topological polar surface area (TPSA) is 114 Å². The highest BCUT2D eigenvalue weighted by molar-refractivity contribution is 6.01. The van der Waals surface area contributed by atoms with E-state index in [-0.39, 0.29) is 16.5 Å². The highest BCUT2D eigenvalue weighted by atomic mass is 19.4. The number of hydrogen-bond donors (Lipinski definition) is 2. The van der Waals surface area contributed by atoms with Crippen LogP contribution < -0.4 is 15.8 Å². The van der Waals surface area contributed by atoms with Crippen molar-refractivity contribution in [1.82, 2.24) is 9.78 Å². The Hall–Kier alpha value is -3.93. The molecule has 2 N–H and O–H groups in total. The lowest BCUT2D eigenvalue weighted by atomic mass is 10.1. The number of alkyl halides is 3. The van der Waals surface area contributed by atoms with Gasteiger partial charge in [-0.1, -0.05) is 18.2 Å². The van der Waals surface area contributed by atoms with Gasteiger partial charge in [0.15, 0.2) is 5.69 Å². The van der Waals surface area contributed by atoms with E-state index in [4.69, 9.17) is 4.74 Å². The second-order valence-corrected chi connectivity index (χ2v) is 7.94. The maximum atomic E-state index is 13.4. The molecule has 1 unspecified atom stereocenters. The Labute approximate surface area is 196 Å². The fourth-order valence-corrected chi connectivity index (χ4v) is 3.87. The molecule has 35 heavy (non-hydrogen) atoms. The zero-order valence-corrected chi connectivity index (χ0v) is 18.5. The molecule has 1 saturated heterocycles. The molecule has 9 nitrogen and oxygen atoms in total. The Morgan fingerprint density at radius 2 is 1.77 bits per heavy atom. The van der Waals surface area contributed by atoms with Crippen LogP contribution in [0.4, 0.5) is 24.5 Å². The van der Waals surface area contributed by atoms with Crippen LogP contribution in [0.5, 0.6) is 0 Å². The molecule has 1 aliphatic rings. The monoisotopic (exact) mass is 490 g/mol. The van der Waals surface area contributed by atoms with Crippen molar-refractivity contribution in [2.75, 3.05) is 36.5 Å². The van der Waals surface area contributed by atoms with E-state index in [0.717, 1.165) is 16.8 Å². The summed E-state index contributed by atoms with van der Waals surface area (Å²) in [5.41, 5.74) is -1.80. The van der Waals surface area contributed by atoms with Gasteiger partial charge in [-0.3, -0.25) is 9.59 Å². The standard InChI is InChI=1S/C23H21F3N4O5/c1-13(30-21(32)16-5-3-2-4-15(16)19(28-30)22(33)34)20(31)27-17-12-14(23(24,25)26)6-7-18(17)29-8-10-35-11-9-29/h2-7,12-13H,8-11H2,1H3,(H,27,31)(H,33,34). The fourth-order valence-electron chi connectivity index (χ4n) is 3.87. The largest absolute Gasteiger partial charge is 0.476 e. The lowest BCUT2D eigenvalue weighted by Gasteiger charge is -2.31. The number of aromatic nitrogens is 2. The van der Waals surface area contributed by atoms with Crippen molar-refractivity contribution in [2.24, 2.45) is 0 Å². The number of carbonyl (C=O) groups excluding carboxylic acids is 1. The number of halogens is 3. The number of carbonyl (C=O) groups is 2. The first-order chi connectivity index (χ1) is 16.6. The molecule has 1 atom stereocenters. The van der Waals surface area contributed by atoms with Crippen molar-refractivity contribution in [3.05, 3.63) is 64.1 Å². The number of ether oxygens (including phenoxy) is 1. The summed E-state index contributed by atoms with van der Waals surface area (Å²) in [4.78, 5) is 39.6. The Kier molecular flexibility index (Phi) is 6.48. The summed E-state index contributed by atoms with van der Waals surface area (Å²) in [7, 11) is 0. The summed E-state index contributed by atoms with van der Waals surface area (Å²) in [5.74, 6) is -2.23. The molecule has 184 valence electrons. The van der Waals surface area contributed by atoms with E-state index in [1.54, 1.807) is 17.0 Å². The number of carboxylic acid groups (broad SMARTS) is 1. The van der Waals surface area contributed by atoms with Crippen LogP contribution in [0.1, 0.15) is 29.0 Å². The van der Waals surface area contributed by atoms with Crippen molar-refractivity contribution in [3.63, 3.8) is 0 Å². The summed E-state index contributed by atoms with van der Waals surface area (Å²) in [6, 6.07) is 7.65. The highest BCUT2D eigenvalue weighted by Gasteiger charge is 2.32. The predicted octanol–water partition coefficient (Wildman–Crippen LogP) is 3.15. The molecule has 1 aliphatic heterocycles. The van der Waals surface area contributed by atoms with Gasteiger partial charge in [0.05, 0.1) is 35.5 Å². The van der Waals surface area contributed by atoms with Gasteiger partial charge in [0.25, 0.3) is 5.56 Å². The van der Waals surface area contributed by atoms with E-state index >= 15 is 0 Å². The molecular formula is C23H21F3N4O5. The summed E-state index contributed by atoms with van der Waals surface area (Å²) >= 11 is 0. The molecule has 0 spiro atoms. The second kappa shape index (κ2) is 9.37. The molecule has 4 rings (SSSR count). The highest BCUT2D eigenvalue weighted by Crippen LogP contribution is 2.36. The van der Waals surface area contributed by atoms with Gasteiger partial charge in [-0.05, 0) is 31.2 Å². The van der Waals surface area contributed by atoms with E-state index in [9.17, 15) is 32.7 Å². The van der Waals surface area contributed by atoms with Gasteiger partial charge in [-0.2, -0.15) is 18.3 Å². The molecule has 1 fully saturated rings. The number of anilines is 2. The van der Waals surface area contributed by atoms with Gasteiger partial charge >= 0.3 is 12.1 Å². The third-order valence-corrected chi connectivity index (χ3v) is 5.71. The van der Waals surface area contributed by atoms with E-state index < -0.39 is 40.9 Å². The molecule has 2 aromatic carbocycles. The minimum Gasteiger partial charge on any atom is -0.476 e. The summed E-state index contributed by atoms with van der Waals surface area (Å²) in [5, 5.41) is 16.0. The van der Waals surface area contributed by atoms with E-state index in [2.05, 4.69) is 10.4 Å². The Morgan fingerprint density at radius 3 is 2.40 bits per heavy atom.